The fraction of sp³-hybridized carbons (Fsp3) is 0.727. The highest BCUT2D eigenvalue weighted by molar-refractivity contribution is 6.14. The van der Waals surface area contributed by atoms with Crippen LogP contribution in [0.25, 0.3) is 0 Å². The molecule has 1 amide bonds. The predicted octanol–water partition coefficient (Wildman–Crippen LogP) is 1.43. The van der Waals surface area contributed by atoms with Gasteiger partial charge in [0.1, 0.15) is 7.85 Å². The average molecular weight is 193 g/mol. The molecule has 0 heterocycles. The molecular formula is C11H20BNO. The van der Waals surface area contributed by atoms with Crippen molar-refractivity contribution in [2.75, 3.05) is 0 Å². The normalized spacial score (nSPS) is 33.1. The lowest BCUT2D eigenvalue weighted by Gasteiger charge is -2.21. The second kappa shape index (κ2) is 4.67. The van der Waals surface area contributed by atoms with Crippen LogP contribution < -0.4 is 5.32 Å². The molecule has 0 bridgehead atoms. The van der Waals surface area contributed by atoms with Crippen LogP contribution in [-0.2, 0) is 4.79 Å². The molecule has 2 nitrogen and oxygen atoms in total. The van der Waals surface area contributed by atoms with Gasteiger partial charge in [0.25, 0.3) is 0 Å². The Hall–Kier alpha value is -0.725. The minimum Gasteiger partial charge on any atom is -0.350 e. The molecule has 3 heteroatoms. The van der Waals surface area contributed by atoms with E-state index in [0.717, 1.165) is 12.8 Å². The third kappa shape index (κ3) is 3.56. The second-order valence-electron chi connectivity index (χ2n) is 5.00. The summed E-state index contributed by atoms with van der Waals surface area (Å²) >= 11 is 0. The average Bonchev–Trinajstić information content (AvgIpc) is 2.28. The van der Waals surface area contributed by atoms with Crippen molar-refractivity contribution in [3.05, 3.63) is 12.7 Å². The third-order valence-corrected chi connectivity index (χ3v) is 3.11. The maximum absolute atomic E-state index is 11.1. The summed E-state index contributed by atoms with van der Waals surface area (Å²) in [5, 5.41) is 3.44. The van der Waals surface area contributed by atoms with Crippen LogP contribution in [0.1, 0.15) is 39.0 Å². The van der Waals surface area contributed by atoms with E-state index in [2.05, 4.69) is 26.7 Å². The molecule has 0 radical (unpaired) electrons. The van der Waals surface area contributed by atoms with Crippen molar-refractivity contribution in [2.24, 2.45) is 0 Å². The molecular weight excluding hydrogens is 173 g/mol. The first kappa shape index (κ1) is 11.4. The SMILES string of the molecule is BC1(C)CCCC(NC(=O)C=C)CC1. The number of rotatable bonds is 2. The Labute approximate surface area is 87.6 Å². The summed E-state index contributed by atoms with van der Waals surface area (Å²) in [7, 11) is 2.31. The van der Waals surface area contributed by atoms with E-state index in [1.165, 1.54) is 25.3 Å². The van der Waals surface area contributed by atoms with Gasteiger partial charge in [0.2, 0.25) is 5.91 Å². The molecule has 0 aromatic rings. The summed E-state index contributed by atoms with van der Waals surface area (Å²) in [6.07, 6.45) is 7.27. The summed E-state index contributed by atoms with van der Waals surface area (Å²) in [5.74, 6) is -0.0327. The van der Waals surface area contributed by atoms with Gasteiger partial charge in [-0.1, -0.05) is 38.1 Å². The Bertz CT molecular complexity index is 225. The van der Waals surface area contributed by atoms with Crippen molar-refractivity contribution < 1.29 is 4.79 Å². The zero-order valence-corrected chi connectivity index (χ0v) is 9.31. The lowest BCUT2D eigenvalue weighted by molar-refractivity contribution is -0.117. The number of carbonyl (C=O) groups excluding carboxylic acids is 1. The number of nitrogens with one attached hydrogen (secondary N) is 1. The van der Waals surface area contributed by atoms with Crippen molar-refractivity contribution >= 4 is 13.8 Å². The highest BCUT2D eigenvalue weighted by Crippen LogP contribution is 2.37. The first-order valence-corrected chi connectivity index (χ1v) is 5.46. The Balaban J connectivity index is 2.42. The maximum atomic E-state index is 11.1. The Morgan fingerprint density at radius 3 is 2.93 bits per heavy atom. The second-order valence-corrected chi connectivity index (χ2v) is 5.00. The number of carbonyl (C=O) groups is 1. The van der Waals surface area contributed by atoms with Gasteiger partial charge in [0.15, 0.2) is 0 Å². The van der Waals surface area contributed by atoms with Gasteiger partial charge < -0.3 is 5.32 Å². The quantitative estimate of drug-likeness (QED) is 0.401. The molecule has 0 aromatic heterocycles. The van der Waals surface area contributed by atoms with Crippen LogP contribution in [0.15, 0.2) is 12.7 Å². The number of hydrogen-bond donors (Lipinski definition) is 1. The van der Waals surface area contributed by atoms with Gasteiger partial charge in [-0.3, -0.25) is 4.79 Å². The number of amides is 1. The predicted molar refractivity (Wildman–Crippen MR) is 62.1 cm³/mol. The van der Waals surface area contributed by atoms with Crippen molar-refractivity contribution in [3.63, 3.8) is 0 Å². The maximum Gasteiger partial charge on any atom is 0.243 e. The smallest absolute Gasteiger partial charge is 0.243 e. The molecule has 1 aliphatic carbocycles. The van der Waals surface area contributed by atoms with Gasteiger partial charge in [-0.2, -0.15) is 0 Å². The van der Waals surface area contributed by atoms with Crippen LogP contribution in [0.2, 0.25) is 5.31 Å². The first-order chi connectivity index (χ1) is 6.53. The molecule has 0 aliphatic heterocycles. The minimum atomic E-state index is -0.0327. The fourth-order valence-corrected chi connectivity index (χ4v) is 2.07. The van der Waals surface area contributed by atoms with Crippen LogP contribution in [0, 0.1) is 0 Å². The molecule has 2 unspecified atom stereocenters. The monoisotopic (exact) mass is 193 g/mol. The van der Waals surface area contributed by atoms with Crippen LogP contribution in [0.3, 0.4) is 0 Å². The van der Waals surface area contributed by atoms with E-state index in [4.69, 9.17) is 0 Å². The van der Waals surface area contributed by atoms with Gasteiger partial charge >= 0.3 is 0 Å². The molecule has 1 aliphatic rings. The molecule has 0 spiro atoms. The molecule has 0 aromatic carbocycles. The van der Waals surface area contributed by atoms with Gasteiger partial charge in [0.05, 0.1) is 0 Å². The van der Waals surface area contributed by atoms with E-state index in [-0.39, 0.29) is 5.91 Å². The summed E-state index contributed by atoms with van der Waals surface area (Å²) in [4.78, 5) is 11.1. The van der Waals surface area contributed by atoms with E-state index in [9.17, 15) is 4.79 Å². The molecule has 1 N–H and O–H groups in total. The standard InChI is InChI=1S/C11H20BNO/c1-3-10(14)13-9-5-4-7-11(2,12)8-6-9/h3,9H,1,4-8,12H2,2H3,(H,13,14). The van der Waals surface area contributed by atoms with E-state index >= 15 is 0 Å². The van der Waals surface area contributed by atoms with E-state index < -0.39 is 0 Å². The van der Waals surface area contributed by atoms with Crippen LogP contribution in [-0.4, -0.2) is 19.8 Å². The topological polar surface area (TPSA) is 29.1 Å². The summed E-state index contributed by atoms with van der Waals surface area (Å²) < 4.78 is 0. The van der Waals surface area contributed by atoms with Crippen molar-refractivity contribution in [1.82, 2.24) is 5.32 Å². The van der Waals surface area contributed by atoms with E-state index in [1.54, 1.807) is 0 Å². The van der Waals surface area contributed by atoms with Crippen LogP contribution in [0.5, 0.6) is 0 Å². The molecule has 14 heavy (non-hydrogen) atoms. The van der Waals surface area contributed by atoms with Gasteiger partial charge in [0, 0.05) is 6.04 Å². The summed E-state index contributed by atoms with van der Waals surface area (Å²) in [5.41, 5.74) is 0. The Morgan fingerprint density at radius 1 is 1.57 bits per heavy atom. The van der Waals surface area contributed by atoms with Crippen molar-refractivity contribution in [2.45, 2.75) is 50.4 Å². The molecule has 1 saturated carbocycles. The zero-order chi connectivity index (χ0) is 10.6. The van der Waals surface area contributed by atoms with Gasteiger partial charge in [-0.15, -0.1) is 0 Å². The van der Waals surface area contributed by atoms with Gasteiger partial charge in [-0.05, 0) is 18.9 Å². The zero-order valence-electron chi connectivity index (χ0n) is 9.31. The Morgan fingerprint density at radius 2 is 2.29 bits per heavy atom. The summed E-state index contributed by atoms with van der Waals surface area (Å²) in [6.45, 7) is 5.78. The lowest BCUT2D eigenvalue weighted by atomic mass is 9.65. The molecule has 2 atom stereocenters. The van der Waals surface area contributed by atoms with Crippen LogP contribution in [0.4, 0.5) is 0 Å². The van der Waals surface area contributed by atoms with Crippen LogP contribution >= 0.6 is 0 Å². The van der Waals surface area contributed by atoms with E-state index in [1.807, 2.05) is 0 Å². The van der Waals surface area contributed by atoms with E-state index in [0.29, 0.717) is 11.4 Å². The molecule has 0 saturated heterocycles. The highest BCUT2D eigenvalue weighted by atomic mass is 16.1. The number of hydrogen-bond acceptors (Lipinski definition) is 1. The lowest BCUT2D eigenvalue weighted by Crippen LogP contribution is -2.33. The van der Waals surface area contributed by atoms with Crippen molar-refractivity contribution in [1.29, 1.82) is 0 Å². The largest absolute Gasteiger partial charge is 0.350 e. The fourth-order valence-electron chi connectivity index (χ4n) is 2.07. The third-order valence-electron chi connectivity index (χ3n) is 3.11. The highest BCUT2D eigenvalue weighted by Gasteiger charge is 2.24. The first-order valence-electron chi connectivity index (χ1n) is 5.46. The molecule has 1 rings (SSSR count). The van der Waals surface area contributed by atoms with Gasteiger partial charge in [-0.25, -0.2) is 0 Å². The molecule has 1 fully saturated rings. The Kier molecular flexibility index (Phi) is 3.79. The molecule has 78 valence electrons. The minimum absolute atomic E-state index is 0.0327. The van der Waals surface area contributed by atoms with Crippen molar-refractivity contribution in [3.8, 4) is 0 Å². The summed E-state index contributed by atoms with van der Waals surface area (Å²) in [6, 6.07) is 0.363.